The number of nitro benzene ring substituents is 1. The Kier molecular flexibility index (Phi) is 6.22. The summed E-state index contributed by atoms with van der Waals surface area (Å²) in [6.07, 6.45) is 1.85. The van der Waals surface area contributed by atoms with E-state index in [-0.39, 0.29) is 17.3 Å². The van der Waals surface area contributed by atoms with E-state index in [9.17, 15) is 10.1 Å². The van der Waals surface area contributed by atoms with Gasteiger partial charge in [-0.25, -0.2) is 0 Å². The maximum Gasteiger partial charge on any atom is 0.313 e. The molecule has 4 rings (SSSR count). The Bertz CT molecular complexity index is 1060. The molecule has 0 bridgehead atoms. The number of para-hydroxylation sites is 1. The van der Waals surface area contributed by atoms with Crippen molar-refractivity contribution in [3.05, 3.63) is 52.1 Å². The third-order valence-corrected chi connectivity index (χ3v) is 5.44. The van der Waals surface area contributed by atoms with Crippen LogP contribution in [0.5, 0.6) is 11.5 Å². The minimum atomic E-state index is -0.452. The highest BCUT2D eigenvalue weighted by molar-refractivity contribution is 5.83. The number of hydrogen-bond acceptors (Lipinski definition) is 8. The molecule has 0 saturated carbocycles. The molecule has 3 aromatic rings. The summed E-state index contributed by atoms with van der Waals surface area (Å²) in [5, 5.41) is 14.5. The third-order valence-electron chi connectivity index (χ3n) is 5.44. The number of methoxy groups -OCH3 is 1. The van der Waals surface area contributed by atoms with Crippen LogP contribution in [0.2, 0.25) is 0 Å². The monoisotopic (exact) mass is 426 g/mol. The van der Waals surface area contributed by atoms with Gasteiger partial charge in [0.05, 0.1) is 18.6 Å². The van der Waals surface area contributed by atoms with Gasteiger partial charge in [0.25, 0.3) is 6.01 Å². The van der Waals surface area contributed by atoms with Crippen LogP contribution in [-0.4, -0.2) is 47.7 Å². The number of non-ortho nitro benzene ring substituents is 1. The molecule has 0 unspecified atom stereocenters. The van der Waals surface area contributed by atoms with Crippen LogP contribution in [0.1, 0.15) is 25.3 Å². The number of piperidine rings is 1. The van der Waals surface area contributed by atoms with Crippen LogP contribution in [-0.2, 0) is 6.54 Å². The van der Waals surface area contributed by atoms with Crippen molar-refractivity contribution >= 4 is 22.8 Å². The summed E-state index contributed by atoms with van der Waals surface area (Å²) >= 11 is 0. The van der Waals surface area contributed by atoms with Gasteiger partial charge in [-0.2, -0.15) is 4.98 Å². The van der Waals surface area contributed by atoms with Gasteiger partial charge in [0.2, 0.25) is 5.58 Å². The van der Waals surface area contributed by atoms with Crippen molar-refractivity contribution in [2.45, 2.75) is 32.4 Å². The lowest BCUT2D eigenvalue weighted by Gasteiger charge is -2.32. The van der Waals surface area contributed by atoms with Crippen molar-refractivity contribution < 1.29 is 18.8 Å². The highest BCUT2D eigenvalue weighted by atomic mass is 16.6. The molecule has 0 radical (unpaired) electrons. The molecule has 9 nitrogen and oxygen atoms in total. The van der Waals surface area contributed by atoms with Crippen LogP contribution in [0.4, 0.5) is 11.7 Å². The normalized spacial score (nSPS) is 15.2. The van der Waals surface area contributed by atoms with Crippen LogP contribution in [0.3, 0.4) is 0 Å². The molecule has 0 spiro atoms. The van der Waals surface area contributed by atoms with Crippen LogP contribution < -0.4 is 14.8 Å². The number of nitro groups is 1. The lowest BCUT2D eigenvalue weighted by Crippen LogP contribution is -2.38. The van der Waals surface area contributed by atoms with Gasteiger partial charge < -0.3 is 19.2 Å². The molecule has 1 fully saturated rings. The number of anilines is 1. The number of nitrogens with one attached hydrogen (secondary N) is 1. The number of aromatic nitrogens is 1. The highest BCUT2D eigenvalue weighted by Gasteiger charge is 2.23. The molecular formula is C22H26N4O5. The average molecular weight is 426 g/mol. The molecule has 1 aliphatic rings. The third kappa shape index (κ3) is 4.72. The maximum absolute atomic E-state index is 11.2. The van der Waals surface area contributed by atoms with Gasteiger partial charge in [-0.3, -0.25) is 15.0 Å². The minimum absolute atomic E-state index is 0.0706. The minimum Gasteiger partial charge on any atom is -0.493 e. The second-order valence-corrected chi connectivity index (χ2v) is 7.51. The van der Waals surface area contributed by atoms with Crippen molar-refractivity contribution in [1.82, 2.24) is 9.88 Å². The van der Waals surface area contributed by atoms with E-state index in [1.807, 2.05) is 19.1 Å². The van der Waals surface area contributed by atoms with Crippen molar-refractivity contribution in [2.75, 3.05) is 32.1 Å². The first-order valence-electron chi connectivity index (χ1n) is 10.4. The van der Waals surface area contributed by atoms with Gasteiger partial charge in [-0.1, -0.05) is 12.1 Å². The number of likely N-dealkylation sites (tertiary alicyclic amines) is 1. The molecule has 0 aliphatic carbocycles. The van der Waals surface area contributed by atoms with Gasteiger partial charge in [-0.15, -0.1) is 0 Å². The Morgan fingerprint density at radius 3 is 2.77 bits per heavy atom. The second kappa shape index (κ2) is 9.22. The predicted octanol–water partition coefficient (Wildman–Crippen LogP) is 4.22. The van der Waals surface area contributed by atoms with E-state index in [4.69, 9.17) is 13.9 Å². The summed E-state index contributed by atoms with van der Waals surface area (Å²) in [6, 6.07) is 11.3. The van der Waals surface area contributed by atoms with E-state index >= 15 is 0 Å². The lowest BCUT2D eigenvalue weighted by molar-refractivity contribution is -0.383. The number of benzene rings is 2. The molecule has 1 N–H and O–H groups in total. The molecule has 1 saturated heterocycles. The molecule has 9 heteroatoms. The van der Waals surface area contributed by atoms with Crippen molar-refractivity contribution in [1.29, 1.82) is 0 Å². The largest absolute Gasteiger partial charge is 0.493 e. The smallest absolute Gasteiger partial charge is 0.313 e. The zero-order valence-corrected chi connectivity index (χ0v) is 17.7. The van der Waals surface area contributed by atoms with Crippen LogP contribution >= 0.6 is 0 Å². The fourth-order valence-corrected chi connectivity index (χ4v) is 3.90. The summed E-state index contributed by atoms with van der Waals surface area (Å²) in [4.78, 5) is 17.5. The lowest BCUT2D eigenvalue weighted by atomic mass is 10.0. The van der Waals surface area contributed by atoms with E-state index in [2.05, 4.69) is 21.3 Å². The zero-order chi connectivity index (χ0) is 21.8. The van der Waals surface area contributed by atoms with E-state index in [0.29, 0.717) is 18.1 Å². The van der Waals surface area contributed by atoms with E-state index < -0.39 is 4.92 Å². The standard InChI is InChI=1S/C22H26N4O5/c1-3-30-20-13-15(7-8-19(20)29-2)14-25-11-9-16(10-12-25)23-22-24-17-5-4-6-18(26(27)28)21(17)31-22/h4-8,13,16H,3,9-12,14H2,1-2H3,(H,23,24). The Balaban J connectivity index is 1.35. The molecule has 0 atom stereocenters. The summed E-state index contributed by atoms with van der Waals surface area (Å²) in [5.41, 5.74) is 1.80. The summed E-state index contributed by atoms with van der Waals surface area (Å²) in [7, 11) is 1.64. The SMILES string of the molecule is CCOc1cc(CN2CCC(Nc3nc4cccc([N+](=O)[O-])c4o3)CC2)ccc1OC. The molecular weight excluding hydrogens is 400 g/mol. The first-order valence-corrected chi connectivity index (χ1v) is 10.4. The first-order chi connectivity index (χ1) is 15.1. The Morgan fingerprint density at radius 2 is 2.06 bits per heavy atom. The number of ether oxygens (including phenoxy) is 2. The van der Waals surface area contributed by atoms with Gasteiger partial charge in [-0.05, 0) is 43.5 Å². The summed E-state index contributed by atoms with van der Waals surface area (Å²) in [6.45, 7) is 5.24. The Hall–Kier alpha value is -3.33. The van der Waals surface area contributed by atoms with Gasteiger partial charge in [0.15, 0.2) is 11.5 Å². The molecule has 2 heterocycles. The molecule has 2 aromatic carbocycles. The molecule has 0 amide bonds. The van der Waals surface area contributed by atoms with Crippen molar-refractivity contribution in [2.24, 2.45) is 0 Å². The quantitative estimate of drug-likeness (QED) is 0.422. The number of rotatable bonds is 8. The van der Waals surface area contributed by atoms with Crippen LogP contribution in [0.25, 0.3) is 11.1 Å². The first kappa shape index (κ1) is 20.9. The van der Waals surface area contributed by atoms with Gasteiger partial charge in [0, 0.05) is 31.7 Å². The summed E-state index contributed by atoms with van der Waals surface area (Å²) < 4.78 is 16.7. The van der Waals surface area contributed by atoms with E-state index in [0.717, 1.165) is 44.0 Å². The number of fused-ring (bicyclic) bond motifs is 1. The highest BCUT2D eigenvalue weighted by Crippen LogP contribution is 2.30. The van der Waals surface area contributed by atoms with Gasteiger partial charge >= 0.3 is 5.69 Å². The number of nitrogens with zero attached hydrogens (tertiary/aromatic N) is 3. The van der Waals surface area contributed by atoms with Crippen molar-refractivity contribution in [3.63, 3.8) is 0 Å². The second-order valence-electron chi connectivity index (χ2n) is 7.51. The van der Waals surface area contributed by atoms with Gasteiger partial charge in [0.1, 0.15) is 5.52 Å². The molecule has 31 heavy (non-hydrogen) atoms. The average Bonchev–Trinajstić information content (AvgIpc) is 3.18. The van der Waals surface area contributed by atoms with Crippen LogP contribution in [0, 0.1) is 10.1 Å². The fourth-order valence-electron chi connectivity index (χ4n) is 3.90. The summed E-state index contributed by atoms with van der Waals surface area (Å²) in [5.74, 6) is 1.51. The maximum atomic E-state index is 11.2. The number of oxazole rings is 1. The molecule has 1 aliphatic heterocycles. The Morgan fingerprint density at radius 1 is 1.26 bits per heavy atom. The van der Waals surface area contributed by atoms with E-state index in [1.165, 1.54) is 11.6 Å². The topological polar surface area (TPSA) is 103 Å². The fraction of sp³-hybridized carbons (Fsp3) is 0.409. The molecule has 164 valence electrons. The number of hydrogen-bond donors (Lipinski definition) is 1. The predicted molar refractivity (Wildman–Crippen MR) is 117 cm³/mol. The van der Waals surface area contributed by atoms with E-state index in [1.54, 1.807) is 19.2 Å². The zero-order valence-electron chi connectivity index (χ0n) is 17.7. The Labute approximate surface area is 180 Å². The van der Waals surface area contributed by atoms with Crippen LogP contribution in [0.15, 0.2) is 40.8 Å². The van der Waals surface area contributed by atoms with Crippen molar-refractivity contribution in [3.8, 4) is 11.5 Å². The molecule has 1 aromatic heterocycles.